The first-order valence-electron chi connectivity index (χ1n) is 13.1. The average molecular weight is 604 g/mol. The fourth-order valence-corrected chi connectivity index (χ4v) is 5.07. The molecule has 42 heavy (non-hydrogen) atoms. The number of hydrogen-bond donors (Lipinski definition) is 4. The van der Waals surface area contributed by atoms with Gasteiger partial charge in [-0.15, -0.1) is 0 Å². The van der Waals surface area contributed by atoms with Crippen molar-refractivity contribution < 1.29 is 37.8 Å². The molecule has 12 heteroatoms. The Morgan fingerprint density at radius 1 is 1.07 bits per heavy atom. The predicted octanol–water partition coefficient (Wildman–Crippen LogP) is 3.75. The van der Waals surface area contributed by atoms with Crippen LogP contribution in [0.2, 0.25) is 5.02 Å². The van der Waals surface area contributed by atoms with Crippen LogP contribution >= 0.6 is 11.6 Å². The van der Waals surface area contributed by atoms with Crippen molar-refractivity contribution in [2.75, 3.05) is 6.54 Å². The van der Waals surface area contributed by atoms with Gasteiger partial charge in [-0.1, -0.05) is 54.1 Å². The van der Waals surface area contributed by atoms with Crippen LogP contribution in [0.1, 0.15) is 33.5 Å². The van der Waals surface area contributed by atoms with Crippen LogP contribution in [0.4, 0.5) is 13.2 Å². The zero-order valence-corrected chi connectivity index (χ0v) is 23.2. The minimum Gasteiger partial charge on any atom is -0.508 e. The van der Waals surface area contributed by atoms with Crippen molar-refractivity contribution in [1.82, 2.24) is 15.5 Å². The van der Waals surface area contributed by atoms with E-state index in [-0.39, 0.29) is 33.9 Å². The molecule has 1 fully saturated rings. The molecule has 4 N–H and O–H groups in total. The normalized spacial score (nSPS) is 17.4. The van der Waals surface area contributed by atoms with E-state index in [2.05, 4.69) is 10.6 Å². The topological polar surface area (TPSA) is 119 Å². The minimum atomic E-state index is -3.44. The Labute approximate surface area is 245 Å². The Morgan fingerprint density at radius 3 is 2.45 bits per heavy atom. The second-order valence-electron chi connectivity index (χ2n) is 10.1. The molecule has 1 heterocycles. The molecular formula is C30H29ClF3N3O5. The van der Waals surface area contributed by atoms with Crippen LogP contribution in [0, 0.1) is 12.7 Å². The van der Waals surface area contributed by atoms with Gasteiger partial charge < -0.3 is 25.7 Å². The minimum absolute atomic E-state index is 0.0249. The lowest BCUT2D eigenvalue weighted by Gasteiger charge is -2.30. The quantitative estimate of drug-likeness (QED) is 0.297. The number of rotatable bonds is 9. The van der Waals surface area contributed by atoms with E-state index in [1.807, 2.05) is 0 Å². The fraction of sp³-hybridized carbons (Fsp3) is 0.300. The van der Waals surface area contributed by atoms with Gasteiger partial charge in [0.2, 0.25) is 5.91 Å². The highest BCUT2D eigenvalue weighted by molar-refractivity contribution is 6.31. The van der Waals surface area contributed by atoms with Crippen LogP contribution in [-0.2, 0) is 22.6 Å². The number of aliphatic hydroxyl groups is 1. The van der Waals surface area contributed by atoms with E-state index < -0.39 is 67.2 Å². The number of phenolic OH excluding ortho intramolecular Hbond substituents is 1. The summed E-state index contributed by atoms with van der Waals surface area (Å²) in [5.41, 5.74) is 0.929. The molecule has 3 amide bonds. The zero-order valence-electron chi connectivity index (χ0n) is 22.5. The molecule has 0 saturated carbocycles. The summed E-state index contributed by atoms with van der Waals surface area (Å²) in [6.45, 7) is -0.0336. The molecule has 222 valence electrons. The Hall–Kier alpha value is -4.09. The zero-order chi connectivity index (χ0) is 30.6. The second kappa shape index (κ2) is 12.8. The molecule has 0 aromatic heterocycles. The molecule has 4 rings (SSSR count). The highest BCUT2D eigenvalue weighted by Gasteiger charge is 2.51. The molecule has 1 aliphatic rings. The third-order valence-electron chi connectivity index (χ3n) is 7.16. The molecule has 3 aromatic rings. The number of nitrogens with zero attached hydrogens (tertiary/aromatic N) is 1. The molecule has 0 radical (unpaired) electrons. The summed E-state index contributed by atoms with van der Waals surface area (Å²) in [4.78, 5) is 40.2. The summed E-state index contributed by atoms with van der Waals surface area (Å²) in [5.74, 6) is -7.16. The van der Waals surface area contributed by atoms with Crippen molar-refractivity contribution >= 4 is 29.3 Å². The largest absolute Gasteiger partial charge is 0.508 e. The van der Waals surface area contributed by atoms with Crippen molar-refractivity contribution in [3.8, 4) is 5.75 Å². The number of carbonyl (C=O) groups is 3. The van der Waals surface area contributed by atoms with Gasteiger partial charge in [-0.3, -0.25) is 14.4 Å². The van der Waals surface area contributed by atoms with Gasteiger partial charge in [-0.2, -0.15) is 0 Å². The molecule has 0 bridgehead atoms. The number of carbonyl (C=O) groups excluding carboxylic acids is 3. The maximum atomic E-state index is 14.6. The monoisotopic (exact) mass is 603 g/mol. The van der Waals surface area contributed by atoms with Crippen LogP contribution in [0.5, 0.6) is 5.75 Å². The first kappa shape index (κ1) is 30.9. The van der Waals surface area contributed by atoms with Gasteiger partial charge in [0, 0.05) is 34.7 Å². The number of aliphatic hydroxyl groups excluding tert-OH is 1. The van der Waals surface area contributed by atoms with E-state index in [9.17, 15) is 37.8 Å². The maximum Gasteiger partial charge on any atom is 0.267 e. The number of nitrogens with one attached hydrogen (secondary N) is 2. The molecular weight excluding hydrogens is 575 g/mol. The van der Waals surface area contributed by atoms with Crippen LogP contribution in [0.3, 0.4) is 0 Å². The fourth-order valence-electron chi connectivity index (χ4n) is 4.84. The van der Waals surface area contributed by atoms with Crippen LogP contribution in [0.15, 0.2) is 66.7 Å². The lowest BCUT2D eigenvalue weighted by atomic mass is 9.98. The van der Waals surface area contributed by atoms with Crippen LogP contribution in [0.25, 0.3) is 0 Å². The summed E-state index contributed by atoms with van der Waals surface area (Å²) in [6.07, 6.45) is -3.08. The Balaban J connectivity index is 1.56. The van der Waals surface area contributed by atoms with Crippen molar-refractivity contribution in [2.24, 2.45) is 0 Å². The molecule has 1 aliphatic heterocycles. The number of likely N-dealkylation sites (tertiary alicyclic amines) is 1. The third-order valence-corrected chi connectivity index (χ3v) is 7.51. The van der Waals surface area contributed by atoms with E-state index >= 15 is 0 Å². The van der Waals surface area contributed by atoms with Crippen LogP contribution in [-0.4, -0.2) is 63.5 Å². The number of aromatic hydroxyl groups is 1. The Kier molecular flexibility index (Phi) is 9.43. The van der Waals surface area contributed by atoms with Gasteiger partial charge >= 0.3 is 0 Å². The molecule has 0 aliphatic carbocycles. The Bertz CT molecular complexity index is 1450. The lowest BCUT2D eigenvalue weighted by Crippen LogP contribution is -2.56. The van der Waals surface area contributed by atoms with Gasteiger partial charge in [-0.25, -0.2) is 13.2 Å². The standard InChI is InChI=1S/C30H29ClF3N3O5/c1-17-19(9-5-12-25(17)38)27(40)36-23(13-18-7-3-2-4-8-18)26(39)29(42)37-16-30(33,34)14-24(37)28(41)35-15-20-21(31)10-6-11-22(20)32/h2-12,23-24,26,38-39H,13-16H2,1H3,(H,35,41)(H,36,40)/t23-,24-,26-/m0/s1. The summed E-state index contributed by atoms with van der Waals surface area (Å²) >= 11 is 5.99. The molecule has 0 spiro atoms. The number of alkyl halides is 2. The van der Waals surface area contributed by atoms with Crippen molar-refractivity contribution in [3.05, 3.63) is 99.8 Å². The number of phenols is 1. The summed E-state index contributed by atoms with van der Waals surface area (Å²) in [5, 5.41) is 26.1. The maximum absolute atomic E-state index is 14.6. The number of halogens is 4. The Morgan fingerprint density at radius 2 is 1.76 bits per heavy atom. The molecule has 8 nitrogen and oxygen atoms in total. The summed E-state index contributed by atoms with van der Waals surface area (Å²) in [6, 6.07) is 13.8. The van der Waals surface area contributed by atoms with Gasteiger partial charge in [0.25, 0.3) is 17.7 Å². The number of amides is 3. The van der Waals surface area contributed by atoms with Gasteiger partial charge in [0.1, 0.15) is 17.6 Å². The summed E-state index contributed by atoms with van der Waals surface area (Å²) < 4.78 is 43.3. The molecule has 3 aromatic carbocycles. The SMILES string of the molecule is Cc1c(O)cccc1C(=O)N[C@@H](Cc1ccccc1)[C@H](O)C(=O)N1CC(F)(F)C[C@H]1C(=O)NCc1c(F)cccc1Cl. The van der Waals surface area contributed by atoms with E-state index in [1.165, 1.54) is 37.3 Å². The first-order valence-corrected chi connectivity index (χ1v) is 13.5. The summed E-state index contributed by atoms with van der Waals surface area (Å²) in [7, 11) is 0. The second-order valence-corrected chi connectivity index (χ2v) is 10.5. The number of benzene rings is 3. The predicted molar refractivity (Wildman–Crippen MR) is 149 cm³/mol. The van der Waals surface area contributed by atoms with Gasteiger partial charge in [-0.05, 0) is 43.2 Å². The van der Waals surface area contributed by atoms with Crippen molar-refractivity contribution in [1.29, 1.82) is 0 Å². The van der Waals surface area contributed by atoms with Crippen LogP contribution < -0.4 is 10.6 Å². The highest BCUT2D eigenvalue weighted by Crippen LogP contribution is 2.33. The van der Waals surface area contributed by atoms with Gasteiger partial charge in [0.05, 0.1) is 12.6 Å². The lowest BCUT2D eigenvalue weighted by molar-refractivity contribution is -0.147. The average Bonchev–Trinajstić information content (AvgIpc) is 3.28. The first-order chi connectivity index (χ1) is 19.9. The van der Waals surface area contributed by atoms with Crippen molar-refractivity contribution in [2.45, 2.75) is 50.4 Å². The van der Waals surface area contributed by atoms with Gasteiger partial charge in [0.15, 0.2) is 6.10 Å². The molecule has 0 unspecified atom stereocenters. The van der Waals surface area contributed by atoms with E-state index in [1.54, 1.807) is 30.3 Å². The third kappa shape index (κ3) is 7.03. The van der Waals surface area contributed by atoms with E-state index in [0.29, 0.717) is 10.5 Å². The molecule has 3 atom stereocenters. The van der Waals surface area contributed by atoms with E-state index in [4.69, 9.17) is 11.6 Å². The smallest absolute Gasteiger partial charge is 0.267 e. The number of hydrogen-bond acceptors (Lipinski definition) is 5. The van der Waals surface area contributed by atoms with E-state index in [0.717, 1.165) is 6.07 Å². The highest BCUT2D eigenvalue weighted by atomic mass is 35.5. The molecule has 1 saturated heterocycles. The van der Waals surface area contributed by atoms with Crippen molar-refractivity contribution in [3.63, 3.8) is 0 Å².